The maximum absolute atomic E-state index is 12.2. The molecular formula is C14H16N2O2S. The Morgan fingerprint density at radius 3 is 2.79 bits per heavy atom. The van der Waals surface area contributed by atoms with E-state index in [1.807, 2.05) is 24.4 Å². The third-order valence-corrected chi connectivity index (χ3v) is 3.90. The van der Waals surface area contributed by atoms with Crippen molar-refractivity contribution in [2.24, 2.45) is 0 Å². The molecule has 0 aliphatic rings. The van der Waals surface area contributed by atoms with E-state index in [0.717, 1.165) is 4.88 Å². The Morgan fingerprint density at radius 2 is 2.16 bits per heavy atom. The second kappa shape index (κ2) is 5.75. The number of amides is 1. The summed E-state index contributed by atoms with van der Waals surface area (Å²) in [6.07, 6.45) is 0. The largest absolute Gasteiger partial charge is 0.495 e. The van der Waals surface area contributed by atoms with Crippen molar-refractivity contribution >= 4 is 22.9 Å². The molecule has 0 saturated carbocycles. The number of nitrogens with one attached hydrogen (secondary N) is 1. The maximum Gasteiger partial charge on any atom is 0.254 e. The topological polar surface area (TPSA) is 64.3 Å². The van der Waals surface area contributed by atoms with Crippen LogP contribution in [0, 0.1) is 0 Å². The number of nitrogens with two attached hydrogens (primary N) is 1. The minimum absolute atomic E-state index is 0.0434. The average molecular weight is 276 g/mol. The Morgan fingerprint density at radius 1 is 1.37 bits per heavy atom. The summed E-state index contributed by atoms with van der Waals surface area (Å²) < 4.78 is 5.11. The van der Waals surface area contributed by atoms with Crippen LogP contribution in [-0.2, 0) is 0 Å². The van der Waals surface area contributed by atoms with Gasteiger partial charge in [0.15, 0.2) is 0 Å². The summed E-state index contributed by atoms with van der Waals surface area (Å²) >= 11 is 1.61. The Balaban J connectivity index is 2.16. The first kappa shape index (κ1) is 13.4. The number of hydrogen-bond donors (Lipinski definition) is 2. The van der Waals surface area contributed by atoms with Crippen LogP contribution in [0.1, 0.15) is 28.2 Å². The molecule has 1 aromatic carbocycles. The predicted molar refractivity (Wildman–Crippen MR) is 77.6 cm³/mol. The lowest BCUT2D eigenvalue weighted by Gasteiger charge is -2.14. The van der Waals surface area contributed by atoms with Crippen molar-refractivity contribution in [1.29, 1.82) is 0 Å². The van der Waals surface area contributed by atoms with Crippen LogP contribution in [-0.4, -0.2) is 13.0 Å². The molecule has 1 atom stereocenters. The van der Waals surface area contributed by atoms with Gasteiger partial charge >= 0.3 is 0 Å². The van der Waals surface area contributed by atoms with Crippen LogP contribution in [0.2, 0.25) is 0 Å². The second-order valence-electron chi connectivity index (χ2n) is 4.13. The molecule has 19 heavy (non-hydrogen) atoms. The van der Waals surface area contributed by atoms with Gasteiger partial charge in [0.1, 0.15) is 5.75 Å². The number of nitrogen functional groups attached to an aromatic ring is 1. The van der Waals surface area contributed by atoms with E-state index in [2.05, 4.69) is 5.32 Å². The summed E-state index contributed by atoms with van der Waals surface area (Å²) in [5, 5.41) is 4.91. The van der Waals surface area contributed by atoms with Crippen LogP contribution < -0.4 is 15.8 Å². The van der Waals surface area contributed by atoms with Crippen molar-refractivity contribution in [3.8, 4) is 5.75 Å². The van der Waals surface area contributed by atoms with Crippen LogP contribution in [0.3, 0.4) is 0 Å². The fourth-order valence-corrected chi connectivity index (χ4v) is 2.54. The van der Waals surface area contributed by atoms with Gasteiger partial charge in [-0.3, -0.25) is 4.79 Å². The summed E-state index contributed by atoms with van der Waals surface area (Å²) in [7, 11) is 1.53. The number of para-hydroxylation sites is 1. The molecule has 0 spiro atoms. The molecule has 5 heteroatoms. The van der Waals surface area contributed by atoms with E-state index in [4.69, 9.17) is 10.5 Å². The van der Waals surface area contributed by atoms with E-state index < -0.39 is 0 Å². The maximum atomic E-state index is 12.2. The summed E-state index contributed by atoms with van der Waals surface area (Å²) in [6.45, 7) is 1.94. The van der Waals surface area contributed by atoms with E-state index in [1.54, 1.807) is 29.5 Å². The standard InChI is InChI=1S/C14H16N2O2S/c1-9(12-7-4-8-19-12)16-14(17)10-5-3-6-11(18-2)13(10)15/h3-9H,15H2,1-2H3,(H,16,17). The lowest BCUT2D eigenvalue weighted by Crippen LogP contribution is -2.27. The molecule has 1 unspecified atom stereocenters. The number of methoxy groups -OCH3 is 1. The molecule has 1 amide bonds. The van der Waals surface area contributed by atoms with Crippen LogP contribution in [0.15, 0.2) is 35.7 Å². The van der Waals surface area contributed by atoms with E-state index >= 15 is 0 Å². The average Bonchev–Trinajstić information content (AvgIpc) is 2.92. The first-order valence-electron chi connectivity index (χ1n) is 5.90. The summed E-state index contributed by atoms with van der Waals surface area (Å²) in [5.41, 5.74) is 6.70. The molecule has 1 heterocycles. The fourth-order valence-electron chi connectivity index (χ4n) is 1.80. The summed E-state index contributed by atoms with van der Waals surface area (Å²) in [5.74, 6) is 0.314. The normalized spacial score (nSPS) is 11.9. The minimum atomic E-state index is -0.197. The zero-order valence-electron chi connectivity index (χ0n) is 10.8. The van der Waals surface area contributed by atoms with E-state index in [1.165, 1.54) is 7.11 Å². The van der Waals surface area contributed by atoms with Crippen molar-refractivity contribution in [3.63, 3.8) is 0 Å². The molecule has 100 valence electrons. The van der Waals surface area contributed by atoms with Crippen LogP contribution in [0.25, 0.3) is 0 Å². The molecule has 0 fully saturated rings. The van der Waals surface area contributed by atoms with Crippen LogP contribution in [0.4, 0.5) is 5.69 Å². The molecule has 2 rings (SSSR count). The molecule has 4 nitrogen and oxygen atoms in total. The highest BCUT2D eigenvalue weighted by atomic mass is 32.1. The van der Waals surface area contributed by atoms with Gasteiger partial charge in [-0.25, -0.2) is 0 Å². The molecule has 0 saturated heterocycles. The lowest BCUT2D eigenvalue weighted by atomic mass is 10.1. The van der Waals surface area contributed by atoms with Crippen molar-refractivity contribution in [2.45, 2.75) is 13.0 Å². The Bertz CT molecular complexity index is 567. The fraction of sp³-hybridized carbons (Fsp3) is 0.214. The van der Waals surface area contributed by atoms with E-state index in [-0.39, 0.29) is 11.9 Å². The number of thiophene rings is 1. The predicted octanol–water partition coefficient (Wildman–Crippen LogP) is 2.83. The SMILES string of the molecule is COc1cccc(C(=O)NC(C)c2cccs2)c1N. The van der Waals surface area contributed by atoms with Gasteiger partial charge in [-0.05, 0) is 30.5 Å². The highest BCUT2D eigenvalue weighted by Gasteiger charge is 2.16. The van der Waals surface area contributed by atoms with Crippen molar-refractivity contribution in [3.05, 3.63) is 46.2 Å². The number of ether oxygens (including phenoxy) is 1. The highest BCUT2D eigenvalue weighted by molar-refractivity contribution is 7.10. The van der Waals surface area contributed by atoms with E-state index in [0.29, 0.717) is 17.0 Å². The lowest BCUT2D eigenvalue weighted by molar-refractivity contribution is 0.0941. The number of benzene rings is 1. The van der Waals surface area contributed by atoms with Gasteiger partial charge in [0.2, 0.25) is 0 Å². The molecule has 2 aromatic rings. The number of rotatable bonds is 4. The summed E-state index contributed by atoms with van der Waals surface area (Å²) in [4.78, 5) is 13.3. The van der Waals surface area contributed by atoms with Gasteiger partial charge in [0.25, 0.3) is 5.91 Å². The zero-order valence-corrected chi connectivity index (χ0v) is 11.7. The molecule has 0 radical (unpaired) electrons. The molecule has 1 aromatic heterocycles. The number of hydrogen-bond acceptors (Lipinski definition) is 4. The monoisotopic (exact) mass is 276 g/mol. The van der Waals surface area contributed by atoms with Gasteiger partial charge in [0, 0.05) is 4.88 Å². The van der Waals surface area contributed by atoms with Gasteiger partial charge in [-0.15, -0.1) is 11.3 Å². The molecule has 0 aliphatic carbocycles. The van der Waals surface area contributed by atoms with Gasteiger partial charge in [-0.2, -0.15) is 0 Å². The van der Waals surface area contributed by atoms with Gasteiger partial charge in [0.05, 0.1) is 24.4 Å². The van der Waals surface area contributed by atoms with Crippen molar-refractivity contribution < 1.29 is 9.53 Å². The number of carbonyl (C=O) groups excluding carboxylic acids is 1. The Labute approximate surface area is 116 Å². The van der Waals surface area contributed by atoms with Crippen molar-refractivity contribution in [2.75, 3.05) is 12.8 Å². The molecule has 0 bridgehead atoms. The minimum Gasteiger partial charge on any atom is -0.495 e. The molecule has 0 aliphatic heterocycles. The smallest absolute Gasteiger partial charge is 0.254 e. The molecular weight excluding hydrogens is 260 g/mol. The first-order valence-corrected chi connectivity index (χ1v) is 6.78. The van der Waals surface area contributed by atoms with Crippen LogP contribution >= 0.6 is 11.3 Å². The van der Waals surface area contributed by atoms with Gasteiger partial charge in [-0.1, -0.05) is 12.1 Å². The van der Waals surface area contributed by atoms with Gasteiger partial charge < -0.3 is 15.8 Å². The number of carbonyl (C=O) groups is 1. The van der Waals surface area contributed by atoms with E-state index in [9.17, 15) is 4.79 Å². The number of anilines is 1. The first-order chi connectivity index (χ1) is 9.13. The zero-order chi connectivity index (χ0) is 13.8. The second-order valence-corrected chi connectivity index (χ2v) is 5.11. The summed E-state index contributed by atoms with van der Waals surface area (Å²) in [6, 6.07) is 9.08. The Kier molecular flexibility index (Phi) is 4.06. The third-order valence-electron chi connectivity index (χ3n) is 2.85. The van der Waals surface area contributed by atoms with Crippen LogP contribution in [0.5, 0.6) is 5.75 Å². The Hall–Kier alpha value is -2.01. The molecule has 3 N–H and O–H groups in total. The highest BCUT2D eigenvalue weighted by Crippen LogP contribution is 2.25. The quantitative estimate of drug-likeness (QED) is 0.844. The third kappa shape index (κ3) is 2.88. The van der Waals surface area contributed by atoms with Crippen molar-refractivity contribution in [1.82, 2.24) is 5.32 Å².